The predicted molar refractivity (Wildman–Crippen MR) is 197 cm³/mol. The smallest absolute Gasteiger partial charge is 0.315 e. The van der Waals surface area contributed by atoms with E-state index in [1.807, 2.05) is 20.8 Å². The number of carbonyl (C=O) groups excluding carboxylic acids is 7. The molecule has 290 valence electrons. The molecule has 1 saturated heterocycles. The lowest BCUT2D eigenvalue weighted by Crippen LogP contribution is -2.62. The van der Waals surface area contributed by atoms with E-state index < -0.39 is 65.8 Å². The number of likely N-dealkylation sites (N-methyl/N-ethyl adjacent to an activating group) is 1. The van der Waals surface area contributed by atoms with Gasteiger partial charge in [0.15, 0.2) is 0 Å². The first-order valence-electron chi connectivity index (χ1n) is 19.2. The minimum Gasteiger partial charge on any atom is -0.347 e. The SMILES string of the molecule is CN(C)C(=O)[C@@H](NC(=O)CNC(=O)C(=O)C(CC1CC1)NC(=O)[C@@H]1C2CCC(C2)N1C(=O)[C@@H](NC(=O)NC(C)(C)C)C1CCCCC1)c1ccccc1. The van der Waals surface area contributed by atoms with Crippen LogP contribution in [0.2, 0.25) is 0 Å². The summed E-state index contributed by atoms with van der Waals surface area (Å²) in [5, 5.41) is 13.7. The van der Waals surface area contributed by atoms with Crippen LogP contribution in [0.4, 0.5) is 4.79 Å². The lowest BCUT2D eigenvalue weighted by molar-refractivity contribution is -0.147. The lowest BCUT2D eigenvalue weighted by atomic mass is 9.82. The summed E-state index contributed by atoms with van der Waals surface area (Å²) in [4.78, 5) is 97.2. The number of carbonyl (C=O) groups is 7. The summed E-state index contributed by atoms with van der Waals surface area (Å²) in [7, 11) is 3.15. The molecule has 3 saturated carbocycles. The van der Waals surface area contributed by atoms with Gasteiger partial charge in [0.2, 0.25) is 29.4 Å². The van der Waals surface area contributed by atoms with Gasteiger partial charge in [-0.2, -0.15) is 0 Å². The molecule has 1 heterocycles. The van der Waals surface area contributed by atoms with Crippen LogP contribution in [-0.2, 0) is 28.8 Å². The summed E-state index contributed by atoms with van der Waals surface area (Å²) in [5.41, 5.74) is 0.0604. The van der Waals surface area contributed by atoms with Crippen LogP contribution in [0.25, 0.3) is 0 Å². The number of ketones is 1. The highest BCUT2D eigenvalue weighted by atomic mass is 16.2. The van der Waals surface area contributed by atoms with E-state index in [4.69, 9.17) is 0 Å². The minimum atomic E-state index is -1.13. The van der Waals surface area contributed by atoms with E-state index >= 15 is 0 Å². The number of likely N-dealkylation sites (tertiary alicyclic amines) is 1. The number of hydrogen-bond acceptors (Lipinski definition) is 7. The molecule has 14 heteroatoms. The van der Waals surface area contributed by atoms with Gasteiger partial charge in [0.25, 0.3) is 5.91 Å². The van der Waals surface area contributed by atoms with E-state index in [0.29, 0.717) is 12.0 Å². The van der Waals surface area contributed by atoms with Gasteiger partial charge in [0.05, 0.1) is 12.6 Å². The van der Waals surface area contributed by atoms with Gasteiger partial charge in [-0.1, -0.05) is 62.4 Å². The van der Waals surface area contributed by atoms with Gasteiger partial charge >= 0.3 is 6.03 Å². The maximum atomic E-state index is 14.5. The Kier molecular flexibility index (Phi) is 12.8. The first kappa shape index (κ1) is 39.7. The Morgan fingerprint density at radius 1 is 0.849 bits per heavy atom. The van der Waals surface area contributed by atoms with Gasteiger partial charge in [-0.05, 0) is 82.6 Å². The molecule has 5 N–H and O–H groups in total. The van der Waals surface area contributed by atoms with Crippen molar-refractivity contribution in [3.05, 3.63) is 35.9 Å². The van der Waals surface area contributed by atoms with Crippen LogP contribution in [0, 0.1) is 17.8 Å². The molecule has 14 nitrogen and oxygen atoms in total. The highest BCUT2D eigenvalue weighted by Gasteiger charge is 2.54. The number of nitrogens with one attached hydrogen (secondary N) is 5. The van der Waals surface area contributed by atoms with Crippen molar-refractivity contribution in [1.29, 1.82) is 0 Å². The normalized spacial score (nSPS) is 22.9. The van der Waals surface area contributed by atoms with Crippen molar-refractivity contribution >= 4 is 41.4 Å². The Morgan fingerprint density at radius 3 is 2.15 bits per heavy atom. The Morgan fingerprint density at radius 2 is 1.53 bits per heavy atom. The van der Waals surface area contributed by atoms with Crippen molar-refractivity contribution in [2.75, 3.05) is 20.6 Å². The van der Waals surface area contributed by atoms with Crippen LogP contribution >= 0.6 is 0 Å². The third-order valence-corrected chi connectivity index (χ3v) is 10.9. The molecular formula is C39H57N7O7. The zero-order valence-corrected chi connectivity index (χ0v) is 31.7. The summed E-state index contributed by atoms with van der Waals surface area (Å²) in [5.74, 6) is -3.66. The van der Waals surface area contributed by atoms with Crippen molar-refractivity contribution < 1.29 is 33.6 Å². The molecule has 7 amide bonds. The second kappa shape index (κ2) is 17.1. The second-order valence-electron chi connectivity index (χ2n) is 16.6. The fourth-order valence-electron chi connectivity index (χ4n) is 8.15. The van der Waals surface area contributed by atoms with Crippen molar-refractivity contribution in [3.63, 3.8) is 0 Å². The number of rotatable bonds is 14. The Balaban J connectivity index is 1.26. The van der Waals surface area contributed by atoms with Gasteiger partial charge in [0, 0.05) is 25.7 Å². The number of fused-ring (bicyclic) bond motifs is 2. The Labute approximate surface area is 312 Å². The maximum Gasteiger partial charge on any atom is 0.315 e. The number of urea groups is 1. The molecule has 1 aliphatic heterocycles. The summed E-state index contributed by atoms with van der Waals surface area (Å²) in [6.07, 6.45) is 8.78. The summed E-state index contributed by atoms with van der Waals surface area (Å²) < 4.78 is 0. The van der Waals surface area contributed by atoms with E-state index in [1.165, 1.54) is 4.90 Å². The molecule has 1 aromatic rings. The van der Waals surface area contributed by atoms with E-state index in [1.54, 1.807) is 49.3 Å². The van der Waals surface area contributed by atoms with Crippen LogP contribution in [0.3, 0.4) is 0 Å². The largest absolute Gasteiger partial charge is 0.347 e. The summed E-state index contributed by atoms with van der Waals surface area (Å²) in [6, 6.07) is 4.39. The van der Waals surface area contributed by atoms with E-state index in [0.717, 1.165) is 57.8 Å². The molecule has 0 aromatic heterocycles. The zero-order valence-electron chi connectivity index (χ0n) is 31.7. The first-order valence-corrected chi connectivity index (χ1v) is 19.2. The molecule has 4 fully saturated rings. The third-order valence-electron chi connectivity index (χ3n) is 10.9. The first-order chi connectivity index (χ1) is 25.1. The van der Waals surface area contributed by atoms with Crippen molar-refractivity contribution in [2.45, 2.75) is 127 Å². The molecular weight excluding hydrogens is 678 g/mol. The predicted octanol–water partition coefficient (Wildman–Crippen LogP) is 2.33. The van der Waals surface area contributed by atoms with E-state index in [-0.39, 0.29) is 42.0 Å². The quantitative estimate of drug-likeness (QED) is 0.182. The number of benzene rings is 1. The van der Waals surface area contributed by atoms with E-state index in [2.05, 4.69) is 26.6 Å². The summed E-state index contributed by atoms with van der Waals surface area (Å²) in [6.45, 7) is 5.06. The highest BCUT2D eigenvalue weighted by molar-refractivity contribution is 6.38. The molecule has 3 unspecified atom stereocenters. The van der Waals surface area contributed by atoms with Gasteiger partial charge in [-0.15, -0.1) is 0 Å². The van der Waals surface area contributed by atoms with Gasteiger partial charge in [0.1, 0.15) is 18.1 Å². The highest BCUT2D eigenvalue weighted by Crippen LogP contribution is 2.44. The summed E-state index contributed by atoms with van der Waals surface area (Å²) >= 11 is 0. The number of piperidine rings is 1. The number of nitrogens with zero attached hydrogens (tertiary/aromatic N) is 2. The average Bonchev–Trinajstić information content (AvgIpc) is 3.70. The molecule has 4 aliphatic rings. The zero-order chi connectivity index (χ0) is 38.4. The molecule has 3 aliphatic carbocycles. The lowest BCUT2D eigenvalue weighted by Gasteiger charge is -2.40. The Bertz CT molecular complexity index is 1530. The van der Waals surface area contributed by atoms with Crippen LogP contribution in [0.1, 0.15) is 103 Å². The molecule has 5 rings (SSSR count). The number of hydrogen-bond donors (Lipinski definition) is 5. The standard InChI is InChI=1S/C39H57N7O7/c1-39(2,3)44-38(53)43-31(25-14-10-7-11-15-25)37(52)46-27-19-18-26(21-27)32(46)34(49)41-28(20-23-16-17-23)33(48)35(50)40-22-29(47)42-30(36(51)45(4)5)24-12-8-6-9-13-24/h6,8-9,12-13,23,25-28,30-32H,7,10-11,14-22H2,1-5H3,(H,40,50)(H,41,49)(H,42,47)(H2,43,44,53)/t26?,27?,28?,30-,31-,32-/m0/s1. The van der Waals surface area contributed by atoms with Crippen molar-refractivity contribution in [1.82, 2.24) is 36.4 Å². The van der Waals surface area contributed by atoms with Crippen LogP contribution in [0.5, 0.6) is 0 Å². The van der Waals surface area contributed by atoms with Crippen molar-refractivity contribution in [3.8, 4) is 0 Å². The van der Waals surface area contributed by atoms with Crippen LogP contribution in [0.15, 0.2) is 30.3 Å². The topological polar surface area (TPSA) is 186 Å². The monoisotopic (exact) mass is 735 g/mol. The minimum absolute atomic E-state index is 0.0566. The number of Topliss-reactive ketones (excluding diaryl/α,β-unsaturated/α-hetero) is 1. The molecule has 1 aromatic carbocycles. The molecule has 2 bridgehead atoms. The second-order valence-corrected chi connectivity index (χ2v) is 16.6. The molecule has 0 spiro atoms. The molecule has 0 radical (unpaired) electrons. The van der Waals surface area contributed by atoms with Gasteiger partial charge < -0.3 is 36.4 Å². The molecule has 53 heavy (non-hydrogen) atoms. The van der Waals surface area contributed by atoms with Gasteiger partial charge in [-0.3, -0.25) is 28.8 Å². The van der Waals surface area contributed by atoms with Crippen molar-refractivity contribution in [2.24, 2.45) is 17.8 Å². The fraction of sp³-hybridized carbons (Fsp3) is 0.667. The number of amides is 7. The van der Waals surface area contributed by atoms with E-state index in [9.17, 15) is 33.6 Å². The third kappa shape index (κ3) is 10.3. The maximum absolute atomic E-state index is 14.5. The average molecular weight is 736 g/mol. The van der Waals surface area contributed by atoms with Crippen LogP contribution in [-0.4, -0.2) is 101 Å². The fourth-order valence-corrected chi connectivity index (χ4v) is 8.15. The molecule has 6 atom stereocenters. The van der Waals surface area contributed by atoms with Crippen LogP contribution < -0.4 is 26.6 Å². The van der Waals surface area contributed by atoms with Gasteiger partial charge in [-0.25, -0.2) is 4.79 Å². The Hall–Kier alpha value is -4.49.